The first-order valence-corrected chi connectivity index (χ1v) is 21.2. The first-order valence-electron chi connectivity index (χ1n) is 21.2. The fourth-order valence-corrected chi connectivity index (χ4v) is 10.8. The minimum atomic E-state index is 0.909. The van der Waals surface area contributed by atoms with Crippen LogP contribution < -0.4 is 0 Å². The molecule has 0 fully saturated rings. The van der Waals surface area contributed by atoms with Gasteiger partial charge >= 0.3 is 0 Å². The molecule has 1 heterocycles. The molecule has 1 nitrogen and oxygen atoms in total. The summed E-state index contributed by atoms with van der Waals surface area (Å²) >= 11 is 0. The molecule has 13 aromatic carbocycles. The molecular formula is C60H34O. The minimum absolute atomic E-state index is 0.909. The Morgan fingerprint density at radius 1 is 0.197 bits per heavy atom. The fourth-order valence-electron chi connectivity index (χ4n) is 10.8. The summed E-state index contributed by atoms with van der Waals surface area (Å²) in [5.41, 5.74) is 11.3. The van der Waals surface area contributed by atoms with Crippen LogP contribution in [0.1, 0.15) is 0 Å². The van der Waals surface area contributed by atoms with Crippen molar-refractivity contribution >= 4 is 97.3 Å². The highest BCUT2D eigenvalue weighted by molar-refractivity contribution is 6.29. The molecular weight excluding hydrogens is 737 g/mol. The van der Waals surface area contributed by atoms with Crippen molar-refractivity contribution in [1.82, 2.24) is 0 Å². The van der Waals surface area contributed by atoms with Crippen LogP contribution in [0.15, 0.2) is 211 Å². The van der Waals surface area contributed by atoms with Gasteiger partial charge in [0, 0.05) is 21.7 Å². The van der Waals surface area contributed by atoms with E-state index < -0.39 is 0 Å². The Bertz CT molecular complexity index is 4050. The summed E-state index contributed by atoms with van der Waals surface area (Å²) in [6.07, 6.45) is 0. The molecule has 0 atom stereocenters. The lowest BCUT2D eigenvalue weighted by molar-refractivity contribution is 0.674. The molecule has 0 saturated carbocycles. The van der Waals surface area contributed by atoms with Crippen LogP contribution in [-0.2, 0) is 0 Å². The third-order valence-electron chi connectivity index (χ3n) is 13.6. The van der Waals surface area contributed by atoms with Gasteiger partial charge in [0.2, 0.25) is 0 Å². The molecule has 280 valence electrons. The van der Waals surface area contributed by atoms with Crippen LogP contribution in [0.4, 0.5) is 0 Å². The van der Waals surface area contributed by atoms with Crippen molar-refractivity contribution in [3.05, 3.63) is 206 Å². The lowest BCUT2D eigenvalue weighted by atomic mass is 9.87. The zero-order valence-electron chi connectivity index (χ0n) is 33.0. The summed E-state index contributed by atoms with van der Waals surface area (Å²) in [7, 11) is 0. The van der Waals surface area contributed by atoms with Gasteiger partial charge in [0.25, 0.3) is 0 Å². The van der Waals surface area contributed by atoms with Crippen LogP contribution in [0.2, 0.25) is 0 Å². The summed E-state index contributed by atoms with van der Waals surface area (Å²) in [5, 5.41) is 20.1. The third-order valence-corrected chi connectivity index (χ3v) is 13.6. The van der Waals surface area contributed by atoms with E-state index in [0.717, 1.165) is 38.5 Å². The number of hydrogen-bond donors (Lipinski definition) is 0. The van der Waals surface area contributed by atoms with Crippen molar-refractivity contribution in [2.24, 2.45) is 0 Å². The maximum Gasteiger partial charge on any atom is 0.143 e. The predicted molar refractivity (Wildman–Crippen MR) is 260 cm³/mol. The maximum absolute atomic E-state index is 7.27. The van der Waals surface area contributed by atoms with E-state index in [-0.39, 0.29) is 0 Å². The summed E-state index contributed by atoms with van der Waals surface area (Å²) < 4.78 is 7.27. The van der Waals surface area contributed by atoms with E-state index in [1.54, 1.807) is 0 Å². The second-order valence-electron chi connectivity index (χ2n) is 16.7. The molecule has 0 spiro atoms. The average Bonchev–Trinajstić information content (AvgIpc) is 3.73. The van der Waals surface area contributed by atoms with E-state index in [9.17, 15) is 0 Å². The lowest BCUT2D eigenvalue weighted by Crippen LogP contribution is -1.89. The highest BCUT2D eigenvalue weighted by atomic mass is 16.3. The van der Waals surface area contributed by atoms with E-state index in [1.165, 1.54) is 103 Å². The zero-order chi connectivity index (χ0) is 39.8. The molecule has 0 radical (unpaired) electrons. The van der Waals surface area contributed by atoms with E-state index in [0.29, 0.717) is 0 Å². The number of furan rings is 1. The predicted octanol–water partition coefficient (Wildman–Crippen LogP) is 17.2. The van der Waals surface area contributed by atoms with Gasteiger partial charge in [0.15, 0.2) is 0 Å². The topological polar surface area (TPSA) is 13.1 Å². The van der Waals surface area contributed by atoms with Crippen LogP contribution in [0.3, 0.4) is 0 Å². The highest BCUT2D eigenvalue weighted by Crippen LogP contribution is 2.48. The van der Waals surface area contributed by atoms with Gasteiger partial charge in [-0.15, -0.1) is 0 Å². The second-order valence-corrected chi connectivity index (χ2v) is 16.7. The van der Waals surface area contributed by atoms with Crippen LogP contribution >= 0.6 is 0 Å². The average molecular weight is 771 g/mol. The van der Waals surface area contributed by atoms with Gasteiger partial charge in [-0.3, -0.25) is 0 Å². The number of hydrogen-bond acceptors (Lipinski definition) is 1. The van der Waals surface area contributed by atoms with Crippen molar-refractivity contribution in [1.29, 1.82) is 0 Å². The molecule has 0 amide bonds. The monoisotopic (exact) mass is 770 g/mol. The van der Waals surface area contributed by atoms with Crippen LogP contribution in [0, 0.1) is 0 Å². The van der Waals surface area contributed by atoms with E-state index in [1.807, 2.05) is 0 Å². The van der Waals surface area contributed by atoms with Gasteiger partial charge in [0.05, 0.1) is 0 Å². The standard InChI is InChI=1S/C60H34O/c1-2-7-35(8-3-1)44-13-6-14-52-47(44)32-34-53-58-51(48-28-24-43-22-20-39-10-5-12-41-26-30-50(48)57(43)55(39)41)33-31-46(60(58)61-59(52)53)37-17-15-36(16-18-37)45-27-23-42-21-19-38-9-4-11-40-25-29-49(45)56(42)54(38)40/h1-34H. The molecule has 0 aliphatic rings. The molecule has 0 saturated heterocycles. The summed E-state index contributed by atoms with van der Waals surface area (Å²) in [5.74, 6) is 0. The number of rotatable bonds is 4. The van der Waals surface area contributed by atoms with E-state index >= 15 is 0 Å². The molecule has 0 N–H and O–H groups in total. The Morgan fingerprint density at radius 2 is 0.639 bits per heavy atom. The smallest absolute Gasteiger partial charge is 0.143 e. The van der Waals surface area contributed by atoms with Crippen molar-refractivity contribution < 1.29 is 4.42 Å². The summed E-state index contributed by atoms with van der Waals surface area (Å²) in [4.78, 5) is 0. The quantitative estimate of drug-likeness (QED) is 0.162. The molecule has 0 aliphatic carbocycles. The van der Waals surface area contributed by atoms with Crippen molar-refractivity contribution in [3.8, 4) is 44.5 Å². The van der Waals surface area contributed by atoms with Crippen molar-refractivity contribution in [2.45, 2.75) is 0 Å². The van der Waals surface area contributed by atoms with Gasteiger partial charge in [-0.25, -0.2) is 0 Å². The maximum atomic E-state index is 7.27. The van der Waals surface area contributed by atoms with E-state index in [2.05, 4.69) is 206 Å². The minimum Gasteiger partial charge on any atom is -0.455 e. The Kier molecular flexibility index (Phi) is 6.62. The fraction of sp³-hybridized carbons (Fsp3) is 0. The SMILES string of the molecule is c1ccc(-c2cccc3c2ccc2c3oc3c(-c4ccc(-c5ccc6ccc7cccc8ccc5c6c78)cc4)ccc(-c4ccc5ccc6cccc7ccc4c5c67)c32)cc1. The second kappa shape index (κ2) is 12.3. The number of fused-ring (bicyclic) bond motifs is 5. The van der Waals surface area contributed by atoms with Gasteiger partial charge in [-0.1, -0.05) is 194 Å². The van der Waals surface area contributed by atoms with Gasteiger partial charge in [-0.05, 0) is 121 Å². The van der Waals surface area contributed by atoms with Gasteiger partial charge < -0.3 is 4.42 Å². The summed E-state index contributed by atoms with van der Waals surface area (Å²) in [6.45, 7) is 0. The number of benzene rings is 13. The molecule has 0 unspecified atom stereocenters. The Labute approximate surface area is 351 Å². The summed E-state index contributed by atoms with van der Waals surface area (Å²) in [6, 6.07) is 76.2. The molecule has 14 rings (SSSR count). The Morgan fingerprint density at radius 3 is 1.30 bits per heavy atom. The molecule has 61 heavy (non-hydrogen) atoms. The molecule has 0 aliphatic heterocycles. The Balaban J connectivity index is 1.00. The lowest BCUT2D eigenvalue weighted by Gasteiger charge is -2.16. The Hall–Kier alpha value is -8.00. The van der Waals surface area contributed by atoms with Crippen LogP contribution in [0.5, 0.6) is 0 Å². The molecule has 1 aromatic heterocycles. The first kappa shape index (κ1) is 32.9. The van der Waals surface area contributed by atoms with Gasteiger partial charge in [-0.2, -0.15) is 0 Å². The largest absolute Gasteiger partial charge is 0.455 e. The van der Waals surface area contributed by atoms with Crippen LogP contribution in [-0.4, -0.2) is 0 Å². The van der Waals surface area contributed by atoms with Crippen molar-refractivity contribution in [3.63, 3.8) is 0 Å². The van der Waals surface area contributed by atoms with E-state index in [4.69, 9.17) is 4.42 Å². The van der Waals surface area contributed by atoms with Gasteiger partial charge in [0.1, 0.15) is 11.2 Å². The molecule has 0 bridgehead atoms. The normalized spacial score (nSPS) is 12.3. The van der Waals surface area contributed by atoms with Crippen molar-refractivity contribution in [2.75, 3.05) is 0 Å². The third kappa shape index (κ3) is 4.61. The highest BCUT2D eigenvalue weighted by Gasteiger charge is 2.22. The molecule has 1 heteroatoms. The first-order chi connectivity index (χ1) is 30.2. The zero-order valence-corrected chi connectivity index (χ0v) is 33.0. The van der Waals surface area contributed by atoms with Crippen LogP contribution in [0.25, 0.3) is 142 Å². The molecule has 14 aromatic rings.